The van der Waals surface area contributed by atoms with Gasteiger partial charge >= 0.3 is 0 Å². The molecule has 2 saturated heterocycles. The van der Waals surface area contributed by atoms with Crippen LogP contribution in [0.4, 0.5) is 15.8 Å². The summed E-state index contributed by atoms with van der Waals surface area (Å²) in [5.41, 5.74) is 1.39. The Hall–Kier alpha value is -2.15. The van der Waals surface area contributed by atoms with Gasteiger partial charge in [-0.2, -0.15) is 0 Å². The number of nitrogens with zero attached hydrogens (tertiary/aromatic N) is 3. The number of amides is 2. The van der Waals surface area contributed by atoms with Crippen molar-refractivity contribution in [3.05, 3.63) is 58.3 Å². The van der Waals surface area contributed by atoms with Crippen molar-refractivity contribution in [1.82, 2.24) is 4.90 Å². The normalized spacial score (nSPS) is 20.9. The van der Waals surface area contributed by atoms with Gasteiger partial charge in [-0.1, -0.05) is 23.2 Å². The average molecular weight is 422 g/mol. The second-order valence-corrected chi connectivity index (χ2v) is 7.70. The fourth-order valence-electron chi connectivity index (χ4n) is 3.74. The van der Waals surface area contributed by atoms with Crippen LogP contribution in [0.25, 0.3) is 0 Å². The lowest BCUT2D eigenvalue weighted by molar-refractivity contribution is -0.123. The van der Waals surface area contributed by atoms with Gasteiger partial charge in [-0.05, 0) is 42.5 Å². The zero-order valence-electron chi connectivity index (χ0n) is 14.9. The molecule has 0 bridgehead atoms. The maximum absolute atomic E-state index is 13.1. The van der Waals surface area contributed by atoms with Crippen molar-refractivity contribution in [2.75, 3.05) is 36.0 Å². The first-order valence-corrected chi connectivity index (χ1v) is 9.76. The highest BCUT2D eigenvalue weighted by Gasteiger charge is 2.43. The first-order chi connectivity index (χ1) is 13.4. The van der Waals surface area contributed by atoms with E-state index in [2.05, 4.69) is 4.90 Å². The van der Waals surface area contributed by atoms with E-state index in [9.17, 15) is 14.0 Å². The highest BCUT2D eigenvalue weighted by Crippen LogP contribution is 2.30. The van der Waals surface area contributed by atoms with Gasteiger partial charge in [0, 0.05) is 31.9 Å². The van der Waals surface area contributed by atoms with Crippen molar-refractivity contribution in [1.29, 1.82) is 0 Å². The quantitative estimate of drug-likeness (QED) is 0.710. The number of halogens is 3. The fourth-order valence-corrected chi connectivity index (χ4v) is 4.03. The van der Waals surface area contributed by atoms with Crippen LogP contribution in [-0.4, -0.2) is 48.9 Å². The second-order valence-electron chi connectivity index (χ2n) is 6.89. The standard InChI is InChI=1S/C20H18Cl2FN3O2/c21-16-6-5-15(11-17(16)22)24-7-9-25(10-8-24)18-12-19(27)26(20(18)28)14-3-1-13(23)2-4-14/h1-6,11,18H,7-10,12H2/t18-/m0/s1. The van der Waals surface area contributed by atoms with Gasteiger partial charge in [-0.3, -0.25) is 14.5 Å². The Labute approximate surface area is 172 Å². The van der Waals surface area contributed by atoms with E-state index in [4.69, 9.17) is 23.2 Å². The van der Waals surface area contributed by atoms with Crippen LogP contribution in [0.3, 0.4) is 0 Å². The Bertz CT molecular complexity index is 914. The minimum atomic E-state index is -0.478. The van der Waals surface area contributed by atoms with Crippen molar-refractivity contribution < 1.29 is 14.0 Å². The van der Waals surface area contributed by atoms with Crippen molar-refractivity contribution in [2.45, 2.75) is 12.5 Å². The molecule has 2 aliphatic heterocycles. The SMILES string of the molecule is O=C1C[C@H](N2CCN(c3ccc(Cl)c(Cl)c3)CC2)C(=O)N1c1ccc(F)cc1. The number of hydrogen-bond acceptors (Lipinski definition) is 4. The van der Waals surface area contributed by atoms with Crippen LogP contribution in [0.2, 0.25) is 10.0 Å². The van der Waals surface area contributed by atoms with E-state index in [1.807, 2.05) is 17.0 Å². The number of hydrogen-bond donors (Lipinski definition) is 0. The van der Waals surface area contributed by atoms with E-state index in [0.717, 1.165) is 10.6 Å². The maximum Gasteiger partial charge on any atom is 0.251 e. The predicted molar refractivity (Wildman–Crippen MR) is 108 cm³/mol. The molecule has 2 amide bonds. The van der Waals surface area contributed by atoms with Gasteiger partial charge in [-0.15, -0.1) is 0 Å². The number of imide groups is 1. The van der Waals surface area contributed by atoms with Gasteiger partial charge in [0.15, 0.2) is 0 Å². The van der Waals surface area contributed by atoms with Crippen LogP contribution in [-0.2, 0) is 9.59 Å². The summed E-state index contributed by atoms with van der Waals surface area (Å²) in [6.45, 7) is 2.74. The first-order valence-electron chi connectivity index (χ1n) is 9.00. The van der Waals surface area contributed by atoms with Gasteiger partial charge < -0.3 is 4.90 Å². The number of carbonyl (C=O) groups is 2. The zero-order valence-corrected chi connectivity index (χ0v) is 16.5. The summed E-state index contributed by atoms with van der Waals surface area (Å²) >= 11 is 12.1. The van der Waals surface area contributed by atoms with Crippen LogP contribution in [0.15, 0.2) is 42.5 Å². The van der Waals surface area contributed by atoms with Gasteiger partial charge in [-0.25, -0.2) is 9.29 Å². The van der Waals surface area contributed by atoms with Crippen LogP contribution in [0.5, 0.6) is 0 Å². The van der Waals surface area contributed by atoms with Crippen molar-refractivity contribution in [3.8, 4) is 0 Å². The number of carbonyl (C=O) groups excluding carboxylic acids is 2. The molecule has 4 rings (SSSR count). The van der Waals surface area contributed by atoms with E-state index in [-0.39, 0.29) is 18.2 Å². The third kappa shape index (κ3) is 3.60. The summed E-state index contributed by atoms with van der Waals surface area (Å²) in [5, 5.41) is 1.02. The lowest BCUT2D eigenvalue weighted by atomic mass is 10.1. The molecule has 0 spiro atoms. The third-order valence-corrected chi connectivity index (χ3v) is 5.97. The summed E-state index contributed by atoms with van der Waals surface area (Å²) < 4.78 is 13.1. The molecule has 146 valence electrons. The Morgan fingerprint density at radius 3 is 2.14 bits per heavy atom. The van der Waals surface area contributed by atoms with Gasteiger partial charge in [0.05, 0.1) is 28.2 Å². The largest absolute Gasteiger partial charge is 0.369 e. The van der Waals surface area contributed by atoms with Crippen LogP contribution < -0.4 is 9.80 Å². The fraction of sp³-hybridized carbons (Fsp3) is 0.300. The number of piperazine rings is 1. The molecule has 0 saturated carbocycles. The van der Waals surface area contributed by atoms with Crippen molar-refractivity contribution >= 4 is 46.4 Å². The highest BCUT2D eigenvalue weighted by molar-refractivity contribution is 6.42. The lowest BCUT2D eigenvalue weighted by Crippen LogP contribution is -2.52. The van der Waals surface area contributed by atoms with Gasteiger partial charge in [0.1, 0.15) is 5.82 Å². The molecular weight excluding hydrogens is 404 g/mol. The Kier molecular flexibility index (Phi) is 5.27. The molecule has 5 nitrogen and oxygen atoms in total. The summed E-state index contributed by atoms with van der Waals surface area (Å²) in [7, 11) is 0. The molecule has 1 atom stereocenters. The Balaban J connectivity index is 1.43. The zero-order chi connectivity index (χ0) is 19.8. The molecule has 0 radical (unpaired) electrons. The van der Waals surface area contributed by atoms with E-state index < -0.39 is 11.9 Å². The van der Waals surface area contributed by atoms with Crippen molar-refractivity contribution in [3.63, 3.8) is 0 Å². The average Bonchev–Trinajstić information content (AvgIpc) is 2.99. The van der Waals surface area contributed by atoms with Crippen molar-refractivity contribution in [2.24, 2.45) is 0 Å². The molecule has 8 heteroatoms. The van der Waals surface area contributed by atoms with Gasteiger partial charge in [0.25, 0.3) is 5.91 Å². The van der Waals surface area contributed by atoms with E-state index in [1.54, 1.807) is 6.07 Å². The predicted octanol–water partition coefficient (Wildman–Crippen LogP) is 3.59. The van der Waals surface area contributed by atoms with Crippen LogP contribution in [0.1, 0.15) is 6.42 Å². The first kappa shape index (κ1) is 19.2. The van der Waals surface area contributed by atoms with Crippen LogP contribution >= 0.6 is 23.2 Å². The summed E-state index contributed by atoms with van der Waals surface area (Å²) in [4.78, 5) is 30.7. The van der Waals surface area contributed by atoms with Gasteiger partial charge in [0.2, 0.25) is 5.91 Å². The molecule has 0 unspecified atom stereocenters. The molecule has 2 fully saturated rings. The monoisotopic (exact) mass is 421 g/mol. The summed E-state index contributed by atoms with van der Waals surface area (Å²) in [6, 6.07) is 10.5. The molecule has 2 aromatic rings. The molecule has 2 aliphatic rings. The van der Waals surface area contributed by atoms with Crippen LogP contribution in [0, 0.1) is 5.82 Å². The third-order valence-electron chi connectivity index (χ3n) is 5.23. The molecule has 2 heterocycles. The molecule has 28 heavy (non-hydrogen) atoms. The summed E-state index contributed by atoms with van der Waals surface area (Å²) in [6.07, 6.45) is 0.142. The number of anilines is 2. The Morgan fingerprint density at radius 1 is 0.857 bits per heavy atom. The Morgan fingerprint density at radius 2 is 1.50 bits per heavy atom. The highest BCUT2D eigenvalue weighted by atomic mass is 35.5. The minimum absolute atomic E-state index is 0.142. The van der Waals surface area contributed by atoms with E-state index in [0.29, 0.717) is 41.9 Å². The lowest BCUT2D eigenvalue weighted by Gasteiger charge is -2.38. The second kappa shape index (κ2) is 7.70. The van der Waals surface area contributed by atoms with E-state index >= 15 is 0 Å². The smallest absolute Gasteiger partial charge is 0.251 e. The maximum atomic E-state index is 13.1. The number of benzene rings is 2. The summed E-state index contributed by atoms with van der Waals surface area (Å²) in [5.74, 6) is -0.911. The molecule has 0 aliphatic carbocycles. The molecule has 0 N–H and O–H groups in total. The molecular formula is C20H18Cl2FN3O2. The molecule has 2 aromatic carbocycles. The molecule has 0 aromatic heterocycles. The minimum Gasteiger partial charge on any atom is -0.369 e. The number of rotatable bonds is 3. The topological polar surface area (TPSA) is 43.9 Å². The van der Waals surface area contributed by atoms with E-state index in [1.165, 1.54) is 24.3 Å².